The number of rotatable bonds is 6. The minimum atomic E-state index is -0.454. The number of ether oxygens (including phenoxy) is 1. The number of aromatic nitrogens is 5. The van der Waals surface area contributed by atoms with E-state index in [2.05, 4.69) is 32.9 Å². The molecule has 0 fully saturated rings. The zero-order valence-corrected chi connectivity index (χ0v) is 19.1. The summed E-state index contributed by atoms with van der Waals surface area (Å²) in [6, 6.07) is 3.19. The maximum Gasteiger partial charge on any atom is 0.310 e. The first-order valence-electron chi connectivity index (χ1n) is 11.0. The van der Waals surface area contributed by atoms with Gasteiger partial charge in [0.25, 0.3) is 0 Å². The van der Waals surface area contributed by atoms with Gasteiger partial charge < -0.3 is 14.3 Å². The predicted molar refractivity (Wildman–Crippen MR) is 125 cm³/mol. The summed E-state index contributed by atoms with van der Waals surface area (Å²) < 4.78 is 20.9. The minimum Gasteiger partial charge on any atom is -0.466 e. The van der Waals surface area contributed by atoms with Crippen molar-refractivity contribution in [3.05, 3.63) is 42.2 Å². The molecule has 4 heterocycles. The summed E-state index contributed by atoms with van der Waals surface area (Å²) in [6.07, 6.45) is 7.15. The number of halogens is 1. The number of carbonyl (C=O) groups excluding carboxylic acids is 1. The molecule has 4 aromatic heterocycles. The van der Waals surface area contributed by atoms with E-state index >= 15 is 0 Å². The SMILES string of the molecule is CCOC(=O)[C@H](C)[C@@H](C)n1cc(C#CCCC#N)c2cnc(-c3c[nH]c4ncc(F)cc34)nc21. The second-order valence-corrected chi connectivity index (χ2v) is 7.87. The normalized spacial score (nSPS) is 12.7. The van der Waals surface area contributed by atoms with Crippen LogP contribution in [0.3, 0.4) is 0 Å². The zero-order valence-electron chi connectivity index (χ0n) is 19.1. The van der Waals surface area contributed by atoms with Gasteiger partial charge in [-0.2, -0.15) is 5.26 Å². The Kier molecular flexibility index (Phi) is 6.55. The van der Waals surface area contributed by atoms with Crippen LogP contribution in [0, 0.1) is 34.9 Å². The number of carbonyl (C=O) groups is 1. The van der Waals surface area contributed by atoms with Gasteiger partial charge in [0.2, 0.25) is 0 Å². The van der Waals surface area contributed by atoms with Crippen LogP contribution in [-0.2, 0) is 9.53 Å². The van der Waals surface area contributed by atoms with Crippen LogP contribution in [0.25, 0.3) is 33.5 Å². The van der Waals surface area contributed by atoms with Crippen molar-refractivity contribution in [2.75, 3.05) is 6.61 Å². The summed E-state index contributed by atoms with van der Waals surface area (Å²) in [7, 11) is 0. The molecule has 0 saturated carbocycles. The highest BCUT2D eigenvalue weighted by Crippen LogP contribution is 2.31. The van der Waals surface area contributed by atoms with Crippen molar-refractivity contribution >= 4 is 28.0 Å². The number of hydrogen-bond acceptors (Lipinski definition) is 6. The summed E-state index contributed by atoms with van der Waals surface area (Å²) in [6.45, 7) is 5.80. The number of nitrogens with zero attached hydrogens (tertiary/aromatic N) is 5. The molecule has 1 N–H and O–H groups in total. The van der Waals surface area contributed by atoms with Gasteiger partial charge in [0.15, 0.2) is 5.82 Å². The third kappa shape index (κ3) is 4.33. The third-order valence-electron chi connectivity index (χ3n) is 5.72. The van der Waals surface area contributed by atoms with Crippen LogP contribution < -0.4 is 0 Å². The average Bonchev–Trinajstić information content (AvgIpc) is 3.42. The van der Waals surface area contributed by atoms with Crippen LogP contribution in [-0.4, -0.2) is 37.1 Å². The van der Waals surface area contributed by atoms with E-state index < -0.39 is 11.7 Å². The summed E-state index contributed by atoms with van der Waals surface area (Å²) in [5, 5.41) is 10.1. The van der Waals surface area contributed by atoms with Crippen molar-refractivity contribution in [1.29, 1.82) is 5.26 Å². The lowest BCUT2D eigenvalue weighted by atomic mass is 10.0. The van der Waals surface area contributed by atoms with E-state index in [0.717, 1.165) is 11.6 Å². The number of nitrogens with one attached hydrogen (secondary N) is 1. The second-order valence-electron chi connectivity index (χ2n) is 7.87. The molecule has 34 heavy (non-hydrogen) atoms. The summed E-state index contributed by atoms with van der Waals surface area (Å²) in [4.78, 5) is 28.8. The molecule has 0 aliphatic heterocycles. The fraction of sp³-hybridized carbons (Fsp3) is 0.320. The van der Waals surface area contributed by atoms with Gasteiger partial charge >= 0.3 is 5.97 Å². The first-order valence-corrected chi connectivity index (χ1v) is 11.0. The van der Waals surface area contributed by atoms with Crippen LogP contribution in [0.15, 0.2) is 30.9 Å². The smallest absolute Gasteiger partial charge is 0.310 e. The Bertz CT molecular complexity index is 1470. The van der Waals surface area contributed by atoms with Gasteiger partial charge in [-0.1, -0.05) is 11.8 Å². The zero-order chi connectivity index (χ0) is 24.2. The Morgan fingerprint density at radius 3 is 2.85 bits per heavy atom. The lowest BCUT2D eigenvalue weighted by Crippen LogP contribution is -2.24. The molecule has 0 bridgehead atoms. The van der Waals surface area contributed by atoms with Crippen LogP contribution in [0.5, 0.6) is 0 Å². The molecule has 9 heteroatoms. The van der Waals surface area contributed by atoms with Gasteiger partial charge in [0, 0.05) is 48.4 Å². The monoisotopic (exact) mass is 458 g/mol. The van der Waals surface area contributed by atoms with E-state index in [1.807, 2.05) is 24.6 Å². The molecule has 0 aliphatic rings. The Morgan fingerprint density at radius 2 is 2.09 bits per heavy atom. The van der Waals surface area contributed by atoms with E-state index in [9.17, 15) is 9.18 Å². The van der Waals surface area contributed by atoms with Gasteiger partial charge in [-0.05, 0) is 26.8 Å². The predicted octanol–water partition coefficient (Wildman–Crippen LogP) is 4.53. The molecule has 0 aromatic carbocycles. The summed E-state index contributed by atoms with van der Waals surface area (Å²) in [5.41, 5.74) is 2.44. The standard InChI is InChI=1S/C25H23FN6O2/c1-4-34-25(33)15(2)16(3)32-14-17(8-6-5-7-9-27)20-12-30-23(31-24(20)32)21-13-29-22-19(21)10-18(26)11-28-22/h10-16H,4-5,7H2,1-3H3,(H,28,29)/t15-,16-/m1/s1. The van der Waals surface area contributed by atoms with E-state index in [-0.39, 0.29) is 12.0 Å². The molecule has 0 unspecified atom stereocenters. The Morgan fingerprint density at radius 1 is 1.26 bits per heavy atom. The van der Waals surface area contributed by atoms with Crippen LogP contribution in [0.1, 0.15) is 45.2 Å². The topological polar surface area (TPSA) is 109 Å². The summed E-state index contributed by atoms with van der Waals surface area (Å²) >= 11 is 0. The molecule has 4 rings (SSSR count). The maximum absolute atomic E-state index is 13.8. The molecule has 0 spiro atoms. The highest BCUT2D eigenvalue weighted by molar-refractivity contribution is 5.93. The van der Waals surface area contributed by atoms with E-state index in [1.165, 1.54) is 6.07 Å². The molecule has 0 saturated heterocycles. The fourth-order valence-electron chi connectivity index (χ4n) is 3.72. The lowest BCUT2D eigenvalue weighted by molar-refractivity contribution is -0.148. The fourth-order valence-corrected chi connectivity index (χ4v) is 3.72. The molecule has 0 aliphatic carbocycles. The molecule has 2 atom stereocenters. The number of fused-ring (bicyclic) bond motifs is 2. The first-order chi connectivity index (χ1) is 16.4. The summed E-state index contributed by atoms with van der Waals surface area (Å²) in [5.74, 6) is 5.31. The quantitative estimate of drug-likeness (QED) is 0.258. The largest absolute Gasteiger partial charge is 0.466 e. The average molecular weight is 458 g/mol. The number of pyridine rings is 1. The molecular formula is C25H23FN6O2. The van der Waals surface area contributed by atoms with Gasteiger partial charge in [-0.25, -0.2) is 19.3 Å². The molecule has 0 amide bonds. The molecular weight excluding hydrogens is 435 g/mol. The Hall–Kier alpha value is -4.24. The molecule has 172 valence electrons. The van der Waals surface area contributed by atoms with Gasteiger partial charge in [0.1, 0.15) is 17.1 Å². The third-order valence-corrected chi connectivity index (χ3v) is 5.72. The van der Waals surface area contributed by atoms with Gasteiger partial charge in [0.05, 0.1) is 35.7 Å². The number of unbranched alkanes of at least 4 members (excludes halogenated alkanes) is 1. The van der Waals surface area contributed by atoms with Crippen molar-refractivity contribution in [3.8, 4) is 29.3 Å². The van der Waals surface area contributed by atoms with Crippen molar-refractivity contribution in [1.82, 2.24) is 24.5 Å². The van der Waals surface area contributed by atoms with Crippen molar-refractivity contribution in [2.24, 2.45) is 5.92 Å². The van der Waals surface area contributed by atoms with Crippen molar-refractivity contribution in [3.63, 3.8) is 0 Å². The van der Waals surface area contributed by atoms with Crippen LogP contribution >= 0.6 is 0 Å². The van der Waals surface area contributed by atoms with Crippen molar-refractivity contribution in [2.45, 2.75) is 39.7 Å². The van der Waals surface area contributed by atoms with Crippen LogP contribution in [0.4, 0.5) is 4.39 Å². The van der Waals surface area contributed by atoms with Crippen LogP contribution in [0.2, 0.25) is 0 Å². The molecule has 0 radical (unpaired) electrons. The molecule has 4 aromatic rings. The number of esters is 1. The number of aromatic amines is 1. The number of nitriles is 1. The minimum absolute atomic E-state index is 0.277. The Labute approximate surface area is 195 Å². The van der Waals surface area contributed by atoms with E-state index in [4.69, 9.17) is 15.0 Å². The Balaban J connectivity index is 1.85. The van der Waals surface area contributed by atoms with Gasteiger partial charge in [-0.15, -0.1) is 0 Å². The number of hydrogen-bond donors (Lipinski definition) is 1. The van der Waals surface area contributed by atoms with E-state index in [1.54, 1.807) is 19.3 Å². The molecule has 8 nitrogen and oxygen atoms in total. The maximum atomic E-state index is 13.8. The highest BCUT2D eigenvalue weighted by Gasteiger charge is 2.26. The highest BCUT2D eigenvalue weighted by atomic mass is 19.1. The lowest BCUT2D eigenvalue weighted by Gasteiger charge is -2.20. The number of H-pyrrole nitrogens is 1. The first kappa shape index (κ1) is 22.9. The second kappa shape index (κ2) is 9.72. The van der Waals surface area contributed by atoms with E-state index in [0.29, 0.717) is 53.1 Å². The van der Waals surface area contributed by atoms with Crippen molar-refractivity contribution < 1.29 is 13.9 Å². The van der Waals surface area contributed by atoms with Gasteiger partial charge in [-0.3, -0.25) is 4.79 Å².